The standard InChI is InChI=1S/C25H34N2/c1-18-10-6-9-15-22(18)26-19(2)23-16-17-24(20-11-7-8-12-20)27(23)25(26)21-13-4-3-5-14-21/h6,9-10,15-17,20-21,24-25H,3-5,7-8,11-14H2,1-2H3/i24D. The van der Waals surface area contributed by atoms with E-state index in [2.05, 4.69) is 60.1 Å². The average molecular weight is 364 g/mol. The van der Waals surface area contributed by atoms with E-state index in [-0.39, 0.29) is 0 Å². The number of allylic oxidation sites excluding steroid dienone is 2. The molecule has 2 nitrogen and oxygen atoms in total. The Morgan fingerprint density at radius 2 is 1.56 bits per heavy atom. The second-order valence-electron chi connectivity index (χ2n) is 9.05. The quantitative estimate of drug-likeness (QED) is 0.614. The van der Waals surface area contributed by atoms with Gasteiger partial charge >= 0.3 is 0 Å². The van der Waals surface area contributed by atoms with Crippen LogP contribution < -0.4 is 4.90 Å². The number of para-hydroxylation sites is 1. The minimum absolute atomic E-state index is 0.296. The zero-order valence-corrected chi connectivity index (χ0v) is 17.0. The van der Waals surface area contributed by atoms with Crippen molar-refractivity contribution in [1.29, 1.82) is 0 Å². The van der Waals surface area contributed by atoms with Crippen LogP contribution in [0.15, 0.2) is 47.8 Å². The van der Waals surface area contributed by atoms with Crippen LogP contribution in [0.25, 0.3) is 0 Å². The Morgan fingerprint density at radius 1 is 0.889 bits per heavy atom. The number of hydrogen-bond donors (Lipinski definition) is 0. The van der Waals surface area contributed by atoms with Crippen LogP contribution >= 0.6 is 0 Å². The van der Waals surface area contributed by atoms with Crippen LogP contribution in [0.4, 0.5) is 5.69 Å². The van der Waals surface area contributed by atoms with Crippen molar-refractivity contribution >= 4 is 5.69 Å². The fourth-order valence-electron chi connectivity index (χ4n) is 6.06. The van der Waals surface area contributed by atoms with E-state index >= 15 is 0 Å². The fourth-order valence-corrected chi connectivity index (χ4v) is 6.06. The highest BCUT2D eigenvalue weighted by molar-refractivity contribution is 5.62. The molecule has 5 rings (SSSR count). The number of nitrogens with zero attached hydrogens (tertiary/aromatic N) is 2. The SMILES string of the molecule is [2H]C1(C2CCCC2)C=CC2=C(C)N(c3ccccc3C)C(C3CCCCC3)N21. The maximum Gasteiger partial charge on any atom is 0.109 e. The van der Waals surface area contributed by atoms with Gasteiger partial charge in [0.1, 0.15) is 6.17 Å². The molecule has 1 aromatic carbocycles. The molecule has 0 bridgehead atoms. The summed E-state index contributed by atoms with van der Waals surface area (Å²) < 4.78 is 9.63. The highest BCUT2D eigenvalue weighted by Gasteiger charge is 2.47. The Hall–Kier alpha value is -1.70. The van der Waals surface area contributed by atoms with Crippen LogP contribution in [0.3, 0.4) is 0 Å². The zero-order valence-electron chi connectivity index (χ0n) is 18.0. The van der Waals surface area contributed by atoms with Gasteiger partial charge in [0.15, 0.2) is 0 Å². The maximum absolute atomic E-state index is 9.63. The lowest BCUT2D eigenvalue weighted by atomic mass is 9.85. The first-order valence-electron chi connectivity index (χ1n) is 11.7. The first-order chi connectivity index (χ1) is 13.6. The van der Waals surface area contributed by atoms with Gasteiger partial charge in [-0.3, -0.25) is 0 Å². The Kier molecular flexibility index (Phi) is 4.24. The average Bonchev–Trinajstić information content (AvgIpc) is 3.42. The lowest BCUT2D eigenvalue weighted by Crippen LogP contribution is -2.50. The molecule has 2 unspecified atom stereocenters. The molecule has 2 heteroatoms. The van der Waals surface area contributed by atoms with Crippen molar-refractivity contribution in [2.24, 2.45) is 11.8 Å². The van der Waals surface area contributed by atoms with Crippen molar-refractivity contribution in [2.45, 2.75) is 83.8 Å². The van der Waals surface area contributed by atoms with Gasteiger partial charge in [-0.05, 0) is 69.1 Å². The minimum Gasteiger partial charge on any atom is -0.342 e. The number of rotatable bonds is 3. The summed E-state index contributed by atoms with van der Waals surface area (Å²) >= 11 is 0. The van der Waals surface area contributed by atoms with Crippen LogP contribution in [0.2, 0.25) is 0 Å². The molecule has 0 radical (unpaired) electrons. The van der Waals surface area contributed by atoms with E-state index in [9.17, 15) is 1.37 Å². The summed E-state index contributed by atoms with van der Waals surface area (Å²) in [6, 6.07) is 8.26. The molecule has 4 aliphatic rings. The van der Waals surface area contributed by atoms with E-state index in [4.69, 9.17) is 0 Å². The Labute approximate surface area is 166 Å². The largest absolute Gasteiger partial charge is 0.342 e. The molecule has 2 saturated carbocycles. The maximum atomic E-state index is 9.63. The van der Waals surface area contributed by atoms with E-state index in [1.807, 2.05) is 0 Å². The van der Waals surface area contributed by atoms with Crippen molar-refractivity contribution in [3.63, 3.8) is 0 Å². The van der Waals surface area contributed by atoms with Gasteiger partial charge in [0, 0.05) is 11.4 Å². The second kappa shape index (κ2) is 7.04. The number of hydrogen-bond acceptors (Lipinski definition) is 2. The predicted octanol–water partition coefficient (Wildman–Crippen LogP) is 6.38. The summed E-state index contributed by atoms with van der Waals surface area (Å²) in [5.74, 6) is 1.11. The molecular formula is C25H34N2. The fraction of sp³-hybridized carbons (Fsp3) is 0.600. The molecule has 0 spiro atoms. The van der Waals surface area contributed by atoms with Crippen molar-refractivity contribution in [3.05, 3.63) is 53.4 Å². The third-order valence-electron chi connectivity index (χ3n) is 7.43. The van der Waals surface area contributed by atoms with E-state index < -0.39 is 6.02 Å². The van der Waals surface area contributed by atoms with Gasteiger partial charge in [-0.2, -0.15) is 0 Å². The van der Waals surface area contributed by atoms with Gasteiger partial charge in [0.2, 0.25) is 0 Å². The first kappa shape index (κ1) is 16.3. The van der Waals surface area contributed by atoms with Gasteiger partial charge in [-0.15, -0.1) is 0 Å². The van der Waals surface area contributed by atoms with Crippen molar-refractivity contribution in [2.75, 3.05) is 4.90 Å². The summed E-state index contributed by atoms with van der Waals surface area (Å²) in [5.41, 5.74) is 5.32. The van der Waals surface area contributed by atoms with E-state index in [1.165, 1.54) is 80.4 Å². The van der Waals surface area contributed by atoms with Gasteiger partial charge < -0.3 is 9.80 Å². The van der Waals surface area contributed by atoms with Crippen LogP contribution in [-0.4, -0.2) is 17.1 Å². The summed E-state index contributed by atoms with van der Waals surface area (Å²) in [5, 5.41) is 0. The smallest absolute Gasteiger partial charge is 0.109 e. The molecule has 0 N–H and O–H groups in total. The molecule has 0 amide bonds. The molecule has 2 fully saturated rings. The Morgan fingerprint density at radius 3 is 2.30 bits per heavy atom. The lowest BCUT2D eigenvalue weighted by Gasteiger charge is -2.44. The van der Waals surface area contributed by atoms with E-state index in [1.54, 1.807) is 0 Å². The van der Waals surface area contributed by atoms with E-state index in [0.717, 1.165) is 0 Å². The molecule has 2 heterocycles. The molecule has 144 valence electrons. The summed E-state index contributed by atoms with van der Waals surface area (Å²) in [7, 11) is 0. The van der Waals surface area contributed by atoms with Gasteiger partial charge in [-0.1, -0.05) is 56.4 Å². The number of anilines is 1. The molecule has 1 aromatic rings. The molecule has 27 heavy (non-hydrogen) atoms. The molecule has 2 aliphatic carbocycles. The van der Waals surface area contributed by atoms with Crippen molar-refractivity contribution < 1.29 is 1.37 Å². The minimum atomic E-state index is -0.563. The third kappa shape index (κ3) is 2.83. The molecule has 2 atom stereocenters. The molecule has 2 aliphatic heterocycles. The summed E-state index contributed by atoms with van der Waals surface area (Å²) in [6.07, 6.45) is 16.4. The number of aryl methyl sites for hydroxylation is 1. The lowest BCUT2D eigenvalue weighted by molar-refractivity contribution is 0.130. The predicted molar refractivity (Wildman–Crippen MR) is 113 cm³/mol. The third-order valence-corrected chi connectivity index (χ3v) is 7.43. The summed E-state index contributed by atoms with van der Waals surface area (Å²) in [6.45, 7) is 4.51. The van der Waals surface area contributed by atoms with Gasteiger partial charge in [0.25, 0.3) is 0 Å². The molecular weight excluding hydrogens is 328 g/mol. The summed E-state index contributed by atoms with van der Waals surface area (Å²) in [4.78, 5) is 5.14. The van der Waals surface area contributed by atoms with Crippen LogP contribution in [-0.2, 0) is 0 Å². The van der Waals surface area contributed by atoms with Crippen LogP contribution in [0, 0.1) is 18.8 Å². The Bertz CT molecular complexity index is 801. The van der Waals surface area contributed by atoms with Crippen molar-refractivity contribution in [1.82, 2.24) is 4.90 Å². The highest BCUT2D eigenvalue weighted by Crippen LogP contribution is 2.48. The molecule has 0 aromatic heterocycles. The molecule has 0 saturated heterocycles. The number of fused-ring (bicyclic) bond motifs is 1. The first-order valence-corrected chi connectivity index (χ1v) is 11.2. The van der Waals surface area contributed by atoms with Gasteiger partial charge in [-0.25, -0.2) is 0 Å². The Balaban J connectivity index is 1.61. The van der Waals surface area contributed by atoms with Crippen molar-refractivity contribution in [3.8, 4) is 0 Å². The van der Waals surface area contributed by atoms with Gasteiger partial charge in [0.05, 0.1) is 13.1 Å². The van der Waals surface area contributed by atoms with Crippen LogP contribution in [0.5, 0.6) is 0 Å². The number of benzene rings is 1. The van der Waals surface area contributed by atoms with E-state index in [0.29, 0.717) is 18.0 Å². The second-order valence-corrected chi connectivity index (χ2v) is 9.05. The zero-order chi connectivity index (χ0) is 19.3. The monoisotopic (exact) mass is 363 g/mol. The van der Waals surface area contributed by atoms with Crippen LogP contribution in [0.1, 0.15) is 71.6 Å². The highest BCUT2D eigenvalue weighted by atomic mass is 15.4. The topological polar surface area (TPSA) is 6.48 Å². The normalized spacial score (nSPS) is 32.5.